The van der Waals surface area contributed by atoms with Gasteiger partial charge in [0.15, 0.2) is 0 Å². The van der Waals surface area contributed by atoms with Gasteiger partial charge in [0.25, 0.3) is 0 Å². The van der Waals surface area contributed by atoms with Crippen molar-refractivity contribution in [1.29, 1.82) is 0 Å². The number of carboxylic acid groups (broad SMARTS) is 1. The first-order valence-corrected chi connectivity index (χ1v) is 9.11. The molecule has 0 heterocycles. The van der Waals surface area contributed by atoms with E-state index in [9.17, 15) is 19.5 Å². The molecule has 0 amide bonds. The van der Waals surface area contributed by atoms with Crippen LogP contribution in [0, 0.1) is 11.8 Å². The molecule has 3 atom stereocenters. The molecule has 0 saturated carbocycles. The van der Waals surface area contributed by atoms with Gasteiger partial charge in [0.05, 0.1) is 6.10 Å². The number of carboxylic acids is 1. The number of allylic oxidation sites excluding steroid dienone is 3. The van der Waals surface area contributed by atoms with Crippen molar-refractivity contribution in [3.05, 3.63) is 24.3 Å². The van der Waals surface area contributed by atoms with E-state index in [1.807, 2.05) is 6.08 Å². The maximum Gasteiger partial charge on any atom is 0.303 e. The van der Waals surface area contributed by atoms with Gasteiger partial charge < -0.3 is 15.0 Å². The van der Waals surface area contributed by atoms with Gasteiger partial charge in [-0.05, 0) is 39.0 Å². The maximum absolute atomic E-state index is 11.8. The van der Waals surface area contributed by atoms with Crippen molar-refractivity contribution in [3.63, 3.8) is 0 Å². The molecule has 0 spiro atoms. The predicted octanol–water partition coefficient (Wildman–Crippen LogP) is 3.71. The second-order valence-corrected chi connectivity index (χ2v) is 6.37. The van der Waals surface area contributed by atoms with Gasteiger partial charge in [0, 0.05) is 18.3 Å². The quantitative estimate of drug-likeness (QED) is 0.266. The van der Waals surface area contributed by atoms with Crippen LogP contribution in [-0.4, -0.2) is 34.4 Å². The van der Waals surface area contributed by atoms with Gasteiger partial charge in [-0.2, -0.15) is 0 Å². The number of hydrogen-bond donors (Lipinski definition) is 2. The highest BCUT2D eigenvalue weighted by Gasteiger charge is 2.22. The lowest BCUT2D eigenvalue weighted by Gasteiger charge is -2.16. The zero-order valence-corrected chi connectivity index (χ0v) is 15.4. The van der Waals surface area contributed by atoms with Crippen molar-refractivity contribution >= 4 is 18.0 Å². The first kappa shape index (κ1) is 23.2. The summed E-state index contributed by atoms with van der Waals surface area (Å²) in [5.41, 5.74) is 0. The predicted molar refractivity (Wildman–Crippen MR) is 98.3 cm³/mol. The largest absolute Gasteiger partial charge is 0.481 e. The second-order valence-electron chi connectivity index (χ2n) is 6.37. The molecule has 5 heteroatoms. The third-order valence-electron chi connectivity index (χ3n) is 4.12. The smallest absolute Gasteiger partial charge is 0.303 e. The molecule has 2 N–H and O–H groups in total. The van der Waals surface area contributed by atoms with Crippen LogP contribution in [0.25, 0.3) is 0 Å². The molecule has 0 aromatic heterocycles. The van der Waals surface area contributed by atoms with Crippen molar-refractivity contribution in [2.45, 2.75) is 71.3 Å². The van der Waals surface area contributed by atoms with Crippen molar-refractivity contribution < 1.29 is 24.6 Å². The van der Waals surface area contributed by atoms with E-state index < -0.39 is 23.9 Å². The first-order valence-electron chi connectivity index (χ1n) is 9.11. The molecule has 0 fully saturated rings. The molecule has 0 saturated heterocycles. The van der Waals surface area contributed by atoms with Crippen LogP contribution in [0.1, 0.15) is 65.2 Å². The molecule has 0 aliphatic rings. The summed E-state index contributed by atoms with van der Waals surface area (Å²) in [6, 6.07) is 0. The Hall–Kier alpha value is -1.75. The highest BCUT2D eigenvalue weighted by atomic mass is 16.4. The number of rotatable bonds is 15. The summed E-state index contributed by atoms with van der Waals surface area (Å²) in [6.07, 6.45) is 12.6. The molecule has 0 aliphatic heterocycles. The molecule has 0 rings (SSSR count). The number of aliphatic hydroxyl groups is 1. The minimum Gasteiger partial charge on any atom is -0.481 e. The van der Waals surface area contributed by atoms with E-state index in [0.717, 1.165) is 25.5 Å². The Labute approximate surface area is 150 Å². The number of hydrogen-bond acceptors (Lipinski definition) is 4. The Balaban J connectivity index is 4.54. The topological polar surface area (TPSA) is 91.7 Å². The Morgan fingerprint density at radius 3 is 2.36 bits per heavy atom. The van der Waals surface area contributed by atoms with Crippen LogP contribution < -0.4 is 0 Å². The zero-order chi connectivity index (χ0) is 19.1. The standard InChI is InChI=1S/C20H32O5/c1-3-4-5-6-7-8-11-19(16(2)22)17(15-21)13-14-18(23)10-9-12-20(24)25/h7-8,13-15,17-19,23H,3-6,9-12H2,1-2H3,(H,24,25)/b8-7-,14-13+/t17-,18?,19-/m1/s1. The van der Waals surface area contributed by atoms with Crippen LogP contribution in [0.5, 0.6) is 0 Å². The lowest BCUT2D eigenvalue weighted by molar-refractivity contribution is -0.137. The number of carbonyl (C=O) groups is 3. The van der Waals surface area contributed by atoms with Crippen LogP contribution in [0.2, 0.25) is 0 Å². The fraction of sp³-hybridized carbons (Fsp3) is 0.650. The number of Topliss-reactive ketones (excluding diaryl/α,β-unsaturated/α-hetero) is 1. The molecule has 25 heavy (non-hydrogen) atoms. The van der Waals surface area contributed by atoms with Crippen molar-refractivity contribution in [2.75, 3.05) is 0 Å². The van der Waals surface area contributed by atoms with Crippen LogP contribution in [0.4, 0.5) is 0 Å². The van der Waals surface area contributed by atoms with Gasteiger partial charge in [-0.3, -0.25) is 9.59 Å². The zero-order valence-electron chi connectivity index (χ0n) is 15.4. The number of aldehydes is 1. The van der Waals surface area contributed by atoms with Gasteiger partial charge in [0.2, 0.25) is 0 Å². The molecule has 0 bridgehead atoms. The van der Waals surface area contributed by atoms with E-state index in [2.05, 4.69) is 13.0 Å². The molecular formula is C20H32O5. The van der Waals surface area contributed by atoms with Gasteiger partial charge >= 0.3 is 5.97 Å². The average molecular weight is 352 g/mol. The van der Waals surface area contributed by atoms with Gasteiger partial charge in [0.1, 0.15) is 12.1 Å². The highest BCUT2D eigenvalue weighted by Crippen LogP contribution is 2.19. The van der Waals surface area contributed by atoms with Crippen molar-refractivity contribution in [3.8, 4) is 0 Å². The molecular weight excluding hydrogens is 320 g/mol. The molecule has 0 aromatic carbocycles. The summed E-state index contributed by atoms with van der Waals surface area (Å²) < 4.78 is 0. The fourth-order valence-electron chi connectivity index (χ4n) is 2.56. The summed E-state index contributed by atoms with van der Waals surface area (Å²) >= 11 is 0. The van der Waals surface area contributed by atoms with Crippen molar-refractivity contribution in [2.24, 2.45) is 11.8 Å². The van der Waals surface area contributed by atoms with Crippen molar-refractivity contribution in [1.82, 2.24) is 0 Å². The molecule has 142 valence electrons. The number of carbonyl (C=O) groups excluding carboxylic acids is 2. The third kappa shape index (κ3) is 12.3. The lowest BCUT2D eigenvalue weighted by Crippen LogP contribution is -2.21. The number of aliphatic hydroxyl groups excluding tert-OH is 1. The molecule has 0 radical (unpaired) electrons. The van der Waals surface area contributed by atoms with Crippen LogP contribution in [0.3, 0.4) is 0 Å². The minimum atomic E-state index is -0.899. The van der Waals surface area contributed by atoms with E-state index in [1.165, 1.54) is 19.4 Å². The number of aliphatic carboxylic acids is 1. The highest BCUT2D eigenvalue weighted by molar-refractivity contribution is 5.82. The Bertz CT molecular complexity index is 453. The lowest BCUT2D eigenvalue weighted by atomic mass is 9.86. The van der Waals surface area contributed by atoms with E-state index in [1.54, 1.807) is 6.08 Å². The summed E-state index contributed by atoms with van der Waals surface area (Å²) in [7, 11) is 0. The Morgan fingerprint density at radius 2 is 1.80 bits per heavy atom. The normalized spacial score (nSPS) is 15.3. The summed E-state index contributed by atoms with van der Waals surface area (Å²) in [6.45, 7) is 3.62. The van der Waals surface area contributed by atoms with Gasteiger partial charge in [-0.1, -0.05) is 44.1 Å². The fourth-order valence-corrected chi connectivity index (χ4v) is 2.56. The monoisotopic (exact) mass is 352 g/mol. The first-order chi connectivity index (χ1) is 11.9. The van der Waals surface area contributed by atoms with Crippen LogP contribution in [-0.2, 0) is 14.4 Å². The number of ketones is 1. The molecule has 0 aromatic rings. The average Bonchev–Trinajstić information content (AvgIpc) is 2.55. The SMILES string of the molecule is CCCCC/C=C\C[C@H](C(C)=O)[C@@H](C=O)/C=C/C(O)CCCC(=O)O. The summed E-state index contributed by atoms with van der Waals surface area (Å²) in [5, 5.41) is 18.4. The van der Waals surface area contributed by atoms with E-state index in [-0.39, 0.29) is 12.2 Å². The maximum atomic E-state index is 11.8. The van der Waals surface area contributed by atoms with Crippen LogP contribution >= 0.6 is 0 Å². The Morgan fingerprint density at radius 1 is 1.08 bits per heavy atom. The van der Waals surface area contributed by atoms with E-state index >= 15 is 0 Å². The van der Waals surface area contributed by atoms with Gasteiger partial charge in [-0.25, -0.2) is 0 Å². The molecule has 0 aliphatic carbocycles. The summed E-state index contributed by atoms with van der Waals surface area (Å²) in [4.78, 5) is 33.7. The van der Waals surface area contributed by atoms with Crippen LogP contribution in [0.15, 0.2) is 24.3 Å². The van der Waals surface area contributed by atoms with Gasteiger partial charge in [-0.15, -0.1) is 0 Å². The molecule has 1 unspecified atom stereocenters. The second kappa shape index (κ2) is 14.6. The van der Waals surface area contributed by atoms with E-state index in [0.29, 0.717) is 19.3 Å². The summed E-state index contributed by atoms with van der Waals surface area (Å²) in [5.74, 6) is -1.96. The molecule has 5 nitrogen and oxygen atoms in total. The minimum absolute atomic E-state index is 0.000899. The van der Waals surface area contributed by atoms with E-state index in [4.69, 9.17) is 5.11 Å². The number of unbranched alkanes of at least 4 members (excludes halogenated alkanes) is 3. The Kier molecular flexibility index (Phi) is 13.6. The third-order valence-corrected chi connectivity index (χ3v) is 4.12.